The number of pyridine rings is 1. The van der Waals surface area contributed by atoms with Gasteiger partial charge in [0.25, 0.3) is 0 Å². The number of ether oxygens (including phenoxy) is 1. The molecule has 0 unspecified atom stereocenters. The molecule has 3 heterocycles. The lowest BCUT2D eigenvalue weighted by molar-refractivity contribution is 0.0358. The van der Waals surface area contributed by atoms with Gasteiger partial charge in [0, 0.05) is 60.6 Å². The van der Waals surface area contributed by atoms with Gasteiger partial charge in [-0.25, -0.2) is 4.98 Å². The van der Waals surface area contributed by atoms with Gasteiger partial charge in [-0.15, -0.1) is 0 Å². The molecule has 7 nitrogen and oxygen atoms in total. The van der Waals surface area contributed by atoms with Crippen LogP contribution in [0.4, 0.5) is 5.82 Å². The van der Waals surface area contributed by atoms with Gasteiger partial charge in [-0.3, -0.25) is 9.69 Å². The van der Waals surface area contributed by atoms with Crippen LogP contribution in [0.5, 0.6) is 5.75 Å². The number of nitrogens with one attached hydrogen (secondary N) is 1. The minimum Gasteiger partial charge on any atom is -0.496 e. The van der Waals surface area contributed by atoms with E-state index in [1.54, 1.807) is 19.5 Å². The molecule has 2 N–H and O–H groups in total. The molecule has 174 valence electrons. The molecule has 1 fully saturated rings. The minimum absolute atomic E-state index is 0.305. The third-order valence-corrected chi connectivity index (χ3v) is 6.56. The Hall–Kier alpha value is -3.68. The number of benzene rings is 2. The number of methoxy groups -OCH3 is 1. The summed E-state index contributed by atoms with van der Waals surface area (Å²) in [4.78, 5) is 25.6. The molecular weight excluding hydrogens is 428 g/mol. The molecular formula is C27H28N4O3. The van der Waals surface area contributed by atoms with Gasteiger partial charge in [0.05, 0.1) is 13.2 Å². The fourth-order valence-corrected chi connectivity index (χ4v) is 4.83. The van der Waals surface area contributed by atoms with Crippen molar-refractivity contribution < 1.29 is 14.6 Å². The van der Waals surface area contributed by atoms with Crippen molar-refractivity contribution in [2.24, 2.45) is 0 Å². The van der Waals surface area contributed by atoms with Crippen LogP contribution in [-0.2, 0) is 0 Å². The number of aromatic nitrogens is 2. The van der Waals surface area contributed by atoms with E-state index in [2.05, 4.69) is 19.8 Å². The van der Waals surface area contributed by atoms with Crippen LogP contribution in [0.1, 0.15) is 22.0 Å². The number of carbonyl (C=O) groups is 1. The molecule has 2 atom stereocenters. The van der Waals surface area contributed by atoms with Crippen LogP contribution in [0.15, 0.2) is 79.1 Å². The van der Waals surface area contributed by atoms with Crippen molar-refractivity contribution in [1.29, 1.82) is 0 Å². The highest BCUT2D eigenvalue weighted by Gasteiger charge is 2.37. The lowest BCUT2D eigenvalue weighted by atomic mass is 9.92. The summed E-state index contributed by atoms with van der Waals surface area (Å²) < 4.78 is 5.62. The van der Waals surface area contributed by atoms with Crippen molar-refractivity contribution in [1.82, 2.24) is 14.9 Å². The van der Waals surface area contributed by atoms with Gasteiger partial charge in [-0.2, -0.15) is 0 Å². The number of aliphatic hydroxyl groups excluding tert-OH is 1. The van der Waals surface area contributed by atoms with Gasteiger partial charge in [-0.05, 0) is 24.3 Å². The van der Waals surface area contributed by atoms with Crippen molar-refractivity contribution in [3.8, 4) is 5.75 Å². The first-order valence-electron chi connectivity index (χ1n) is 11.5. The summed E-state index contributed by atoms with van der Waals surface area (Å²) in [6, 6.07) is 20.6. The van der Waals surface area contributed by atoms with Crippen LogP contribution < -0.4 is 9.64 Å². The number of ketones is 1. The molecule has 4 aromatic rings. The molecule has 0 saturated carbocycles. The largest absolute Gasteiger partial charge is 0.496 e. The summed E-state index contributed by atoms with van der Waals surface area (Å²) in [5.74, 6) is 1.29. The van der Waals surface area contributed by atoms with E-state index >= 15 is 0 Å². The highest BCUT2D eigenvalue weighted by atomic mass is 16.5. The second kappa shape index (κ2) is 9.67. The number of H-pyrrole nitrogens is 1. The van der Waals surface area contributed by atoms with Crippen LogP contribution >= 0.6 is 0 Å². The van der Waals surface area contributed by atoms with Crippen LogP contribution in [0.2, 0.25) is 0 Å². The Balaban J connectivity index is 1.46. The van der Waals surface area contributed by atoms with Gasteiger partial charge in [0.2, 0.25) is 0 Å². The number of carbonyl (C=O) groups excluding carboxylic acids is 1. The van der Waals surface area contributed by atoms with Gasteiger partial charge in [0.1, 0.15) is 17.7 Å². The molecule has 0 aliphatic carbocycles. The maximum Gasteiger partial charge on any atom is 0.195 e. The predicted molar refractivity (Wildman–Crippen MR) is 132 cm³/mol. The van der Waals surface area contributed by atoms with E-state index in [-0.39, 0.29) is 5.78 Å². The average Bonchev–Trinajstić information content (AvgIpc) is 3.34. The number of aromatic amines is 1. The van der Waals surface area contributed by atoms with Crippen molar-refractivity contribution >= 4 is 22.5 Å². The van der Waals surface area contributed by atoms with Gasteiger partial charge >= 0.3 is 0 Å². The average molecular weight is 457 g/mol. The lowest BCUT2D eigenvalue weighted by Crippen LogP contribution is -2.51. The third-order valence-electron chi connectivity index (χ3n) is 6.56. The number of hydrogen-bond donors (Lipinski definition) is 2. The topological polar surface area (TPSA) is 81.7 Å². The molecule has 34 heavy (non-hydrogen) atoms. The van der Waals surface area contributed by atoms with E-state index in [1.807, 2.05) is 66.7 Å². The fraction of sp³-hybridized carbons (Fsp3) is 0.259. The Morgan fingerprint density at radius 2 is 1.74 bits per heavy atom. The number of piperazine rings is 1. The number of fused-ring (bicyclic) bond motifs is 1. The first kappa shape index (κ1) is 22.1. The van der Waals surface area contributed by atoms with Crippen LogP contribution in [0.3, 0.4) is 0 Å². The lowest BCUT2D eigenvalue weighted by Gasteiger charge is -2.41. The van der Waals surface area contributed by atoms with E-state index < -0.39 is 12.1 Å². The van der Waals surface area contributed by atoms with E-state index in [0.29, 0.717) is 24.4 Å². The van der Waals surface area contributed by atoms with Crippen LogP contribution in [0.25, 0.3) is 10.9 Å². The normalized spacial score (nSPS) is 16.4. The van der Waals surface area contributed by atoms with E-state index in [4.69, 9.17) is 4.74 Å². The van der Waals surface area contributed by atoms with Crippen molar-refractivity contribution in [3.05, 3.63) is 90.3 Å². The SMILES string of the molecule is COc1ccccc1[C@H]([C@@H](O)C(=O)c1c[nH]c2ccccc12)N1CCN(c2ccccn2)CC1. The number of rotatable bonds is 7. The summed E-state index contributed by atoms with van der Waals surface area (Å²) in [5.41, 5.74) is 2.17. The summed E-state index contributed by atoms with van der Waals surface area (Å²) in [6.45, 7) is 2.85. The molecule has 1 saturated heterocycles. The summed E-state index contributed by atoms with van der Waals surface area (Å²) in [5, 5.41) is 12.3. The fourth-order valence-electron chi connectivity index (χ4n) is 4.83. The van der Waals surface area contributed by atoms with E-state index in [9.17, 15) is 9.90 Å². The minimum atomic E-state index is -1.25. The smallest absolute Gasteiger partial charge is 0.195 e. The molecule has 2 aromatic heterocycles. The highest BCUT2D eigenvalue weighted by molar-refractivity contribution is 6.10. The third kappa shape index (κ3) is 4.16. The molecule has 1 aliphatic heterocycles. The number of hydrogen-bond acceptors (Lipinski definition) is 6. The molecule has 0 amide bonds. The quantitative estimate of drug-likeness (QED) is 0.413. The number of Topliss-reactive ketones (excluding diaryl/α,β-unsaturated/α-hetero) is 1. The zero-order valence-electron chi connectivity index (χ0n) is 19.1. The summed E-state index contributed by atoms with van der Waals surface area (Å²) in [7, 11) is 1.61. The van der Waals surface area contributed by atoms with E-state index in [1.165, 1.54) is 0 Å². The first-order valence-corrected chi connectivity index (χ1v) is 11.5. The molecule has 2 aromatic carbocycles. The molecule has 7 heteroatoms. The van der Waals surface area contributed by atoms with Crippen molar-refractivity contribution in [2.75, 3.05) is 38.2 Å². The number of anilines is 1. The molecule has 1 aliphatic rings. The van der Waals surface area contributed by atoms with Crippen LogP contribution in [0, 0.1) is 0 Å². The number of aliphatic hydroxyl groups is 1. The number of para-hydroxylation sites is 2. The Bertz CT molecular complexity index is 1270. The molecule has 5 rings (SSSR count). The van der Waals surface area contributed by atoms with Crippen molar-refractivity contribution in [3.63, 3.8) is 0 Å². The predicted octanol–water partition coefficient (Wildman–Crippen LogP) is 3.68. The first-order chi connectivity index (χ1) is 16.7. The second-order valence-corrected chi connectivity index (χ2v) is 8.45. The molecule has 0 bridgehead atoms. The molecule has 0 spiro atoms. The Morgan fingerprint density at radius 3 is 2.50 bits per heavy atom. The monoisotopic (exact) mass is 456 g/mol. The Morgan fingerprint density at radius 1 is 1.00 bits per heavy atom. The Kier molecular flexibility index (Phi) is 6.29. The number of nitrogens with zero attached hydrogens (tertiary/aromatic N) is 3. The zero-order valence-corrected chi connectivity index (χ0v) is 19.1. The summed E-state index contributed by atoms with van der Waals surface area (Å²) >= 11 is 0. The molecule has 0 radical (unpaired) electrons. The van der Waals surface area contributed by atoms with E-state index in [0.717, 1.165) is 35.4 Å². The van der Waals surface area contributed by atoms with Crippen LogP contribution in [-0.4, -0.2) is 65.2 Å². The maximum absolute atomic E-state index is 13.6. The Labute approximate surface area is 198 Å². The summed E-state index contributed by atoms with van der Waals surface area (Å²) in [6.07, 6.45) is 2.23. The van der Waals surface area contributed by atoms with Gasteiger partial charge in [-0.1, -0.05) is 42.5 Å². The second-order valence-electron chi connectivity index (χ2n) is 8.45. The maximum atomic E-state index is 13.6. The standard InChI is InChI=1S/C27H28N4O3/c1-34-23-11-5-3-9-20(23)25(31-16-14-30(15-17-31)24-12-6-7-13-28-24)27(33)26(32)21-18-29-22-10-4-2-8-19(21)22/h2-13,18,25,27,29,33H,14-17H2,1H3/t25-,27-/m1/s1. The van der Waals surface area contributed by atoms with Gasteiger partial charge < -0.3 is 19.7 Å². The highest BCUT2D eigenvalue weighted by Crippen LogP contribution is 2.35. The van der Waals surface area contributed by atoms with Crippen molar-refractivity contribution in [2.45, 2.75) is 12.1 Å². The van der Waals surface area contributed by atoms with Gasteiger partial charge in [0.15, 0.2) is 5.78 Å². The zero-order chi connectivity index (χ0) is 23.5.